The molecule has 6 nitrogen and oxygen atoms in total. The van der Waals surface area contributed by atoms with Crippen LogP contribution in [0, 0.1) is 17.6 Å². The Labute approximate surface area is 149 Å². The van der Waals surface area contributed by atoms with Crippen molar-refractivity contribution in [2.45, 2.75) is 19.4 Å². The molecule has 1 saturated heterocycles. The second-order valence-corrected chi connectivity index (χ2v) is 6.41. The Hall–Kier alpha value is -2.77. The number of aromatic nitrogens is 2. The Morgan fingerprint density at radius 3 is 2.88 bits per heavy atom. The van der Waals surface area contributed by atoms with Gasteiger partial charge in [0.05, 0.1) is 17.8 Å². The highest BCUT2D eigenvalue weighted by Gasteiger charge is 2.26. The molecule has 1 amide bonds. The van der Waals surface area contributed by atoms with Crippen molar-refractivity contribution in [2.24, 2.45) is 13.0 Å². The predicted molar refractivity (Wildman–Crippen MR) is 92.6 cm³/mol. The van der Waals surface area contributed by atoms with Gasteiger partial charge < -0.3 is 10.2 Å². The summed E-state index contributed by atoms with van der Waals surface area (Å²) in [6.07, 6.45) is 3.13. The number of hydrogen-bond donors (Lipinski definition) is 1. The van der Waals surface area contributed by atoms with E-state index in [2.05, 4.69) is 10.4 Å². The van der Waals surface area contributed by atoms with Gasteiger partial charge in [-0.25, -0.2) is 13.5 Å². The minimum absolute atomic E-state index is 0.00881. The summed E-state index contributed by atoms with van der Waals surface area (Å²) in [5.41, 5.74) is 0.721. The smallest absolute Gasteiger partial charge is 0.268 e. The number of amides is 1. The van der Waals surface area contributed by atoms with Crippen LogP contribution in [0.25, 0.3) is 0 Å². The van der Waals surface area contributed by atoms with Crippen LogP contribution in [0.5, 0.6) is 0 Å². The number of piperidine rings is 1. The molecule has 26 heavy (non-hydrogen) atoms. The van der Waals surface area contributed by atoms with Crippen molar-refractivity contribution in [3.05, 3.63) is 58.0 Å². The first-order valence-electron chi connectivity index (χ1n) is 8.44. The molecule has 0 aliphatic carbocycles. The summed E-state index contributed by atoms with van der Waals surface area (Å²) in [6, 6.07) is 4.79. The zero-order valence-corrected chi connectivity index (χ0v) is 14.4. The Morgan fingerprint density at radius 1 is 1.35 bits per heavy atom. The standard InChI is InChI=1S/C18H20F2N4O2/c1-23-17(25)8-15(10-22-23)24-6-2-3-13(11-24)18(26)21-9-12-4-5-14(19)7-16(12)20/h4-5,7-8,10,13H,2-3,6,9,11H2,1H3,(H,21,26). The SMILES string of the molecule is Cn1ncc(N2CCCC(C(=O)NCc3ccc(F)cc3F)C2)cc1=O. The summed E-state index contributed by atoms with van der Waals surface area (Å²) < 4.78 is 27.8. The van der Waals surface area contributed by atoms with E-state index in [4.69, 9.17) is 0 Å². The fourth-order valence-corrected chi connectivity index (χ4v) is 3.05. The number of rotatable bonds is 4. The number of anilines is 1. The second kappa shape index (κ2) is 7.63. The molecule has 2 aromatic rings. The summed E-state index contributed by atoms with van der Waals surface area (Å²) >= 11 is 0. The summed E-state index contributed by atoms with van der Waals surface area (Å²) in [5.74, 6) is -1.78. The molecule has 0 saturated carbocycles. The molecule has 1 N–H and O–H groups in total. The molecule has 138 valence electrons. The fraction of sp³-hybridized carbons (Fsp3) is 0.389. The van der Waals surface area contributed by atoms with Gasteiger partial charge >= 0.3 is 0 Å². The van der Waals surface area contributed by atoms with Crippen LogP contribution >= 0.6 is 0 Å². The number of carbonyl (C=O) groups excluding carboxylic acids is 1. The lowest BCUT2D eigenvalue weighted by molar-refractivity contribution is -0.125. The maximum Gasteiger partial charge on any atom is 0.268 e. The fourth-order valence-electron chi connectivity index (χ4n) is 3.05. The lowest BCUT2D eigenvalue weighted by Crippen LogP contribution is -2.43. The number of aryl methyl sites for hydroxylation is 1. The molecule has 0 bridgehead atoms. The number of carbonyl (C=O) groups is 1. The number of nitrogens with one attached hydrogen (secondary N) is 1. The normalized spacial score (nSPS) is 17.2. The van der Waals surface area contributed by atoms with Gasteiger partial charge in [-0.05, 0) is 18.9 Å². The van der Waals surface area contributed by atoms with E-state index in [9.17, 15) is 18.4 Å². The molecule has 8 heteroatoms. The van der Waals surface area contributed by atoms with E-state index in [0.717, 1.165) is 25.1 Å². The number of halogens is 2. The molecule has 1 aliphatic heterocycles. The third-order valence-corrected chi connectivity index (χ3v) is 4.58. The monoisotopic (exact) mass is 362 g/mol. The number of hydrogen-bond acceptors (Lipinski definition) is 4. The zero-order chi connectivity index (χ0) is 18.7. The first kappa shape index (κ1) is 18.0. The predicted octanol–water partition coefficient (Wildman–Crippen LogP) is 1.59. The van der Waals surface area contributed by atoms with E-state index < -0.39 is 11.6 Å². The molecule has 1 atom stereocenters. The van der Waals surface area contributed by atoms with Crippen LogP contribution in [0.2, 0.25) is 0 Å². The number of nitrogens with zero attached hydrogens (tertiary/aromatic N) is 3. The van der Waals surface area contributed by atoms with Crippen LogP contribution in [-0.2, 0) is 18.4 Å². The van der Waals surface area contributed by atoms with Gasteiger partial charge in [0.15, 0.2) is 0 Å². The Kier molecular flexibility index (Phi) is 5.29. The van der Waals surface area contributed by atoms with E-state index >= 15 is 0 Å². The van der Waals surface area contributed by atoms with Crippen LogP contribution < -0.4 is 15.8 Å². The van der Waals surface area contributed by atoms with Gasteiger partial charge in [-0.2, -0.15) is 5.10 Å². The highest BCUT2D eigenvalue weighted by Crippen LogP contribution is 2.22. The lowest BCUT2D eigenvalue weighted by Gasteiger charge is -2.33. The Bertz CT molecular complexity index is 869. The van der Waals surface area contributed by atoms with Crippen molar-refractivity contribution < 1.29 is 13.6 Å². The van der Waals surface area contributed by atoms with E-state index in [0.29, 0.717) is 18.7 Å². The molecule has 1 unspecified atom stereocenters. The van der Waals surface area contributed by atoms with Crippen molar-refractivity contribution in [1.29, 1.82) is 0 Å². The van der Waals surface area contributed by atoms with Crippen LogP contribution in [0.3, 0.4) is 0 Å². The molecule has 1 fully saturated rings. The third-order valence-electron chi connectivity index (χ3n) is 4.58. The topological polar surface area (TPSA) is 67.2 Å². The van der Waals surface area contributed by atoms with E-state index in [1.807, 2.05) is 4.90 Å². The summed E-state index contributed by atoms with van der Waals surface area (Å²) in [5, 5.41) is 6.72. The van der Waals surface area contributed by atoms with E-state index in [-0.39, 0.29) is 29.5 Å². The van der Waals surface area contributed by atoms with Crippen molar-refractivity contribution in [3.63, 3.8) is 0 Å². The average Bonchev–Trinajstić information content (AvgIpc) is 2.63. The first-order valence-corrected chi connectivity index (χ1v) is 8.44. The van der Waals surface area contributed by atoms with Gasteiger partial charge in [0.1, 0.15) is 11.6 Å². The maximum absolute atomic E-state index is 13.7. The molecular formula is C18H20F2N4O2. The van der Waals surface area contributed by atoms with Crippen LogP contribution in [0.1, 0.15) is 18.4 Å². The van der Waals surface area contributed by atoms with Gasteiger partial charge in [0.25, 0.3) is 5.56 Å². The molecule has 3 rings (SSSR count). The first-order chi connectivity index (χ1) is 12.4. The summed E-state index contributed by atoms with van der Waals surface area (Å²) in [6.45, 7) is 1.21. The highest BCUT2D eigenvalue weighted by atomic mass is 19.1. The summed E-state index contributed by atoms with van der Waals surface area (Å²) in [4.78, 5) is 26.1. The third kappa shape index (κ3) is 4.07. The van der Waals surface area contributed by atoms with E-state index in [1.54, 1.807) is 13.2 Å². The molecule has 0 radical (unpaired) electrons. The van der Waals surface area contributed by atoms with Gasteiger partial charge in [-0.3, -0.25) is 9.59 Å². The van der Waals surface area contributed by atoms with Crippen molar-refractivity contribution in [1.82, 2.24) is 15.1 Å². The number of benzene rings is 1. The largest absolute Gasteiger partial charge is 0.369 e. The van der Waals surface area contributed by atoms with Gasteiger partial charge in [-0.1, -0.05) is 6.07 Å². The Balaban J connectivity index is 1.62. The van der Waals surface area contributed by atoms with Crippen molar-refractivity contribution >= 4 is 11.6 Å². The minimum Gasteiger partial charge on any atom is -0.369 e. The molecule has 1 aromatic heterocycles. The average molecular weight is 362 g/mol. The molecular weight excluding hydrogens is 342 g/mol. The van der Waals surface area contributed by atoms with Crippen LogP contribution in [0.15, 0.2) is 35.3 Å². The Morgan fingerprint density at radius 2 is 2.15 bits per heavy atom. The van der Waals surface area contributed by atoms with Crippen LogP contribution in [-0.4, -0.2) is 28.8 Å². The molecule has 0 spiro atoms. The maximum atomic E-state index is 13.7. The molecule has 2 heterocycles. The highest BCUT2D eigenvalue weighted by molar-refractivity contribution is 5.79. The minimum atomic E-state index is -0.679. The molecule has 1 aromatic carbocycles. The van der Waals surface area contributed by atoms with Gasteiger partial charge in [0.2, 0.25) is 5.91 Å². The van der Waals surface area contributed by atoms with Gasteiger partial charge in [0, 0.05) is 44.4 Å². The summed E-state index contributed by atoms with van der Waals surface area (Å²) in [7, 11) is 1.58. The zero-order valence-electron chi connectivity index (χ0n) is 14.4. The van der Waals surface area contributed by atoms with E-state index in [1.165, 1.54) is 16.8 Å². The van der Waals surface area contributed by atoms with Crippen molar-refractivity contribution in [2.75, 3.05) is 18.0 Å². The quantitative estimate of drug-likeness (QED) is 0.897. The second-order valence-electron chi connectivity index (χ2n) is 6.41. The molecule has 1 aliphatic rings. The van der Waals surface area contributed by atoms with Crippen LogP contribution in [0.4, 0.5) is 14.5 Å². The van der Waals surface area contributed by atoms with Gasteiger partial charge in [-0.15, -0.1) is 0 Å². The van der Waals surface area contributed by atoms with Crippen molar-refractivity contribution in [3.8, 4) is 0 Å². The lowest BCUT2D eigenvalue weighted by atomic mass is 9.96.